The molecule has 262 valence electrons. The Hall–Kier alpha value is -6.61. The van der Waals surface area contributed by atoms with E-state index in [2.05, 4.69) is 22.0 Å². The van der Waals surface area contributed by atoms with Crippen molar-refractivity contribution in [1.29, 1.82) is 5.26 Å². The van der Waals surface area contributed by atoms with Crippen LogP contribution in [0.2, 0.25) is 0 Å². The molecule has 0 spiro atoms. The zero-order chi connectivity index (χ0) is 37.2. The van der Waals surface area contributed by atoms with Crippen molar-refractivity contribution in [2.24, 2.45) is 0 Å². The number of carbonyl (C=O) groups excluding carboxylic acids is 3. The smallest absolute Gasteiger partial charge is 0.272 e. The summed E-state index contributed by atoms with van der Waals surface area (Å²) < 4.78 is 5.40. The number of hydrogen-bond donors (Lipinski definition) is 4. The first-order valence-corrected chi connectivity index (χ1v) is 18.0. The molecule has 11 heteroatoms. The van der Waals surface area contributed by atoms with Crippen LogP contribution in [0.25, 0.3) is 17.2 Å². The fraction of sp³-hybridized carbons (Fsp3) is 0.0476. The fourth-order valence-electron chi connectivity index (χ4n) is 5.37. The molecule has 3 amide bonds. The quantitative estimate of drug-likeness (QED) is 0.0727. The standard InChI is InChI=1S/C42H32N4O5S2/c1-51-37-24-32(47)21-20-30(37)22-36(45-39(48)29-16-9-4-10-17-29)40(49)44-31-18-11-19-33(23-31)53-38(28-14-7-3-8-15-28)41(50)46-42-34(25-43)35(26-52-42)27-12-5-2-6-13-27/h2-24,26,38,47H,1H3,(H,44,49)(H,45,48)(H,46,50)/b36-22+. The molecule has 1 heterocycles. The Balaban J connectivity index is 1.25. The van der Waals surface area contributed by atoms with Crippen molar-refractivity contribution in [2.45, 2.75) is 10.1 Å². The topological polar surface area (TPSA) is 141 Å². The number of hydrogen-bond acceptors (Lipinski definition) is 8. The first kappa shape index (κ1) is 36.2. The predicted octanol–water partition coefficient (Wildman–Crippen LogP) is 8.88. The molecule has 4 N–H and O–H groups in total. The number of thioether (sulfide) groups is 1. The Bertz CT molecular complexity index is 2320. The number of amides is 3. The Kier molecular flexibility index (Phi) is 11.7. The number of nitrogens with one attached hydrogen (secondary N) is 3. The number of rotatable bonds is 12. The largest absolute Gasteiger partial charge is 0.508 e. The number of phenolic OH excluding ortho intramolecular Hbond substituents is 1. The highest BCUT2D eigenvalue weighted by molar-refractivity contribution is 8.00. The lowest BCUT2D eigenvalue weighted by Crippen LogP contribution is -2.30. The molecule has 0 aliphatic rings. The normalized spacial score (nSPS) is 11.5. The van der Waals surface area contributed by atoms with E-state index in [1.165, 1.54) is 48.4 Å². The highest BCUT2D eigenvalue weighted by Crippen LogP contribution is 2.40. The second kappa shape index (κ2) is 17.1. The summed E-state index contributed by atoms with van der Waals surface area (Å²) >= 11 is 2.58. The predicted molar refractivity (Wildman–Crippen MR) is 210 cm³/mol. The number of carbonyl (C=O) groups is 3. The van der Waals surface area contributed by atoms with Crippen LogP contribution in [0.15, 0.2) is 149 Å². The van der Waals surface area contributed by atoms with E-state index in [0.29, 0.717) is 38.0 Å². The van der Waals surface area contributed by atoms with Gasteiger partial charge in [0.25, 0.3) is 11.8 Å². The van der Waals surface area contributed by atoms with Gasteiger partial charge in [-0.05, 0) is 59.7 Å². The Morgan fingerprint density at radius 3 is 2.25 bits per heavy atom. The highest BCUT2D eigenvalue weighted by Gasteiger charge is 2.25. The van der Waals surface area contributed by atoms with Crippen molar-refractivity contribution in [2.75, 3.05) is 17.7 Å². The van der Waals surface area contributed by atoms with Crippen LogP contribution in [0.5, 0.6) is 11.5 Å². The molecule has 53 heavy (non-hydrogen) atoms. The third-order valence-corrected chi connectivity index (χ3v) is 10.1. The maximum atomic E-state index is 14.0. The lowest BCUT2D eigenvalue weighted by molar-refractivity contribution is -0.116. The minimum Gasteiger partial charge on any atom is -0.508 e. The number of anilines is 2. The molecule has 5 aromatic carbocycles. The van der Waals surface area contributed by atoms with Gasteiger partial charge < -0.3 is 25.8 Å². The molecular formula is C42H32N4O5S2. The van der Waals surface area contributed by atoms with Gasteiger partial charge >= 0.3 is 0 Å². The van der Waals surface area contributed by atoms with E-state index in [0.717, 1.165) is 16.7 Å². The summed E-state index contributed by atoms with van der Waals surface area (Å²) in [5.74, 6) is -1.14. The number of thiophene rings is 1. The van der Waals surface area contributed by atoms with Gasteiger partial charge in [0.1, 0.15) is 33.5 Å². The van der Waals surface area contributed by atoms with Gasteiger partial charge in [0.2, 0.25) is 5.91 Å². The van der Waals surface area contributed by atoms with E-state index >= 15 is 0 Å². The molecule has 9 nitrogen and oxygen atoms in total. The molecule has 1 unspecified atom stereocenters. The summed E-state index contributed by atoms with van der Waals surface area (Å²) in [6.45, 7) is 0. The number of methoxy groups -OCH3 is 1. The summed E-state index contributed by atoms with van der Waals surface area (Å²) in [5.41, 5.74) is 3.93. The summed E-state index contributed by atoms with van der Waals surface area (Å²) in [5, 5.41) is 30.2. The molecule has 6 aromatic rings. The molecule has 0 bridgehead atoms. The van der Waals surface area contributed by atoms with Gasteiger partial charge in [-0.2, -0.15) is 5.26 Å². The van der Waals surface area contributed by atoms with Crippen molar-refractivity contribution >= 4 is 57.6 Å². The molecule has 0 radical (unpaired) electrons. The zero-order valence-corrected chi connectivity index (χ0v) is 29.9. The van der Waals surface area contributed by atoms with Crippen molar-refractivity contribution in [3.63, 3.8) is 0 Å². The number of nitrogens with zero attached hydrogens (tertiary/aromatic N) is 1. The van der Waals surface area contributed by atoms with Crippen LogP contribution in [0.4, 0.5) is 10.7 Å². The van der Waals surface area contributed by atoms with E-state index in [1.807, 2.05) is 72.1 Å². The van der Waals surface area contributed by atoms with Crippen LogP contribution in [0.1, 0.15) is 32.3 Å². The second-order valence-corrected chi connectivity index (χ2v) is 13.6. The molecule has 0 saturated carbocycles. The SMILES string of the molecule is COc1cc(O)ccc1/C=C(/NC(=O)c1ccccc1)C(=O)Nc1cccc(SC(C(=O)Nc2scc(-c3ccccc3)c2C#N)c2ccccc2)c1. The second-order valence-electron chi connectivity index (χ2n) is 11.5. The van der Waals surface area contributed by atoms with Crippen molar-refractivity contribution in [3.8, 4) is 28.7 Å². The van der Waals surface area contributed by atoms with Crippen molar-refractivity contribution in [1.82, 2.24) is 5.32 Å². The van der Waals surface area contributed by atoms with Gasteiger partial charge in [-0.3, -0.25) is 14.4 Å². The Labute approximate surface area is 314 Å². The molecule has 6 rings (SSSR count). The van der Waals surface area contributed by atoms with Gasteiger partial charge in [0.15, 0.2) is 0 Å². The zero-order valence-electron chi connectivity index (χ0n) is 28.3. The summed E-state index contributed by atoms with van der Waals surface area (Å²) in [7, 11) is 1.44. The number of benzene rings is 5. The summed E-state index contributed by atoms with van der Waals surface area (Å²) in [6, 6.07) is 41.0. The van der Waals surface area contributed by atoms with Crippen LogP contribution in [-0.2, 0) is 9.59 Å². The van der Waals surface area contributed by atoms with Crippen LogP contribution in [0.3, 0.4) is 0 Å². The van der Waals surface area contributed by atoms with E-state index < -0.39 is 17.1 Å². The number of ether oxygens (including phenoxy) is 1. The molecular weight excluding hydrogens is 705 g/mol. The van der Waals surface area contributed by atoms with Crippen molar-refractivity contribution in [3.05, 3.63) is 167 Å². The Morgan fingerprint density at radius 1 is 0.849 bits per heavy atom. The minimum absolute atomic E-state index is 0.0204. The van der Waals surface area contributed by atoms with Gasteiger partial charge in [0, 0.05) is 38.7 Å². The maximum absolute atomic E-state index is 14.0. The van der Waals surface area contributed by atoms with Gasteiger partial charge in [-0.25, -0.2) is 0 Å². The molecule has 1 atom stereocenters. The maximum Gasteiger partial charge on any atom is 0.272 e. The van der Waals surface area contributed by atoms with Gasteiger partial charge in [-0.1, -0.05) is 84.9 Å². The van der Waals surface area contributed by atoms with Gasteiger partial charge in [-0.15, -0.1) is 23.1 Å². The fourth-order valence-corrected chi connectivity index (χ4v) is 7.37. The minimum atomic E-state index is -0.710. The third-order valence-electron chi connectivity index (χ3n) is 7.96. The molecule has 0 saturated heterocycles. The number of aromatic hydroxyl groups is 1. The number of phenols is 1. The monoisotopic (exact) mass is 736 g/mol. The average Bonchev–Trinajstić information content (AvgIpc) is 3.60. The third kappa shape index (κ3) is 9.01. The highest BCUT2D eigenvalue weighted by atomic mass is 32.2. The van der Waals surface area contributed by atoms with Crippen molar-refractivity contribution < 1.29 is 24.2 Å². The van der Waals surface area contributed by atoms with Crippen LogP contribution < -0.4 is 20.7 Å². The van der Waals surface area contributed by atoms with Crippen LogP contribution >= 0.6 is 23.1 Å². The van der Waals surface area contributed by atoms with E-state index in [1.54, 1.807) is 54.6 Å². The molecule has 0 aliphatic carbocycles. The Morgan fingerprint density at radius 2 is 1.55 bits per heavy atom. The van der Waals surface area contributed by atoms with Crippen LogP contribution in [-0.4, -0.2) is 29.9 Å². The summed E-state index contributed by atoms with van der Waals surface area (Å²) in [4.78, 5) is 41.6. The molecule has 0 aliphatic heterocycles. The first-order chi connectivity index (χ1) is 25.8. The average molecular weight is 737 g/mol. The van der Waals surface area contributed by atoms with Gasteiger partial charge in [0.05, 0.1) is 12.7 Å². The van der Waals surface area contributed by atoms with E-state index in [-0.39, 0.29) is 17.4 Å². The summed E-state index contributed by atoms with van der Waals surface area (Å²) in [6.07, 6.45) is 1.46. The van der Waals surface area contributed by atoms with Crippen LogP contribution in [0, 0.1) is 11.3 Å². The molecule has 1 aromatic heterocycles. The lowest BCUT2D eigenvalue weighted by atomic mass is 10.1. The van der Waals surface area contributed by atoms with E-state index in [9.17, 15) is 24.8 Å². The lowest BCUT2D eigenvalue weighted by Gasteiger charge is -2.18. The van der Waals surface area contributed by atoms with E-state index in [4.69, 9.17) is 4.74 Å². The molecule has 0 fully saturated rings. The number of nitriles is 1. The first-order valence-electron chi connectivity index (χ1n) is 16.3.